The maximum absolute atomic E-state index is 9.95. The molecule has 0 atom stereocenters. The average molecular weight is 242 g/mol. The maximum atomic E-state index is 9.95. The topological polar surface area (TPSA) is 54.3 Å². The highest BCUT2D eigenvalue weighted by atomic mass is 35.5. The largest absolute Gasteiger partial charge is 0.445 e. The molecule has 16 heavy (non-hydrogen) atoms. The zero-order chi connectivity index (χ0) is 12.0. The normalized spacial score (nSPS) is 10.4. The number of hydrogen-bond donors (Lipinski definition) is 0. The molecule has 1 aromatic carbocycles. The molecule has 0 saturated carbocycles. The van der Waals surface area contributed by atoms with Gasteiger partial charge in [-0.05, 0) is 18.6 Å². The molecule has 0 radical (unpaired) electrons. The second kappa shape index (κ2) is 6.07. The summed E-state index contributed by atoms with van der Waals surface area (Å²) >= 11 is 5.96. The Balaban J connectivity index is 2.72. The average Bonchev–Trinajstić information content (AvgIpc) is 2.25. The van der Waals surface area contributed by atoms with Gasteiger partial charge >= 0.3 is 0 Å². The monoisotopic (exact) mass is 241 g/mol. The van der Waals surface area contributed by atoms with E-state index < -0.39 is 0 Å². The summed E-state index contributed by atoms with van der Waals surface area (Å²) in [5, 5.41) is 9.75. The molecular weight excluding hydrogens is 230 g/mol. The van der Waals surface area contributed by atoms with Crippen LogP contribution in [-0.2, 0) is 9.53 Å². The lowest BCUT2D eigenvalue weighted by atomic mass is 10.2. The Morgan fingerprint density at radius 1 is 1.56 bits per heavy atom. The second-order valence-corrected chi connectivity index (χ2v) is 3.55. The van der Waals surface area contributed by atoms with Crippen LogP contribution in [0.15, 0.2) is 28.5 Å². The van der Waals surface area contributed by atoms with Gasteiger partial charge in [-0.1, -0.05) is 29.0 Å². The molecule has 0 unspecified atom stereocenters. The van der Waals surface area contributed by atoms with Gasteiger partial charge in [0, 0.05) is 7.05 Å². The fraction of sp³-hybridized carbons (Fsp3) is 0.300. The molecule has 1 aromatic rings. The van der Waals surface area contributed by atoms with Gasteiger partial charge < -0.3 is 4.74 Å². The van der Waals surface area contributed by atoms with Crippen molar-refractivity contribution in [1.82, 2.24) is 5.01 Å². The summed E-state index contributed by atoms with van der Waals surface area (Å²) in [6.07, 6.45) is 0. The van der Waals surface area contributed by atoms with Crippen molar-refractivity contribution in [3.63, 3.8) is 0 Å². The molecule has 0 saturated heterocycles. The van der Waals surface area contributed by atoms with Gasteiger partial charge in [0.2, 0.25) is 0 Å². The summed E-state index contributed by atoms with van der Waals surface area (Å²) in [5.41, 5.74) is 1.54. The summed E-state index contributed by atoms with van der Waals surface area (Å²) in [6.45, 7) is 2.30. The summed E-state index contributed by atoms with van der Waals surface area (Å²) in [5.74, 6) is 0. The second-order valence-electron chi connectivity index (χ2n) is 3.14. The molecule has 0 aliphatic carbocycles. The number of carbonyl (C=O) groups is 1. The van der Waals surface area contributed by atoms with Crippen LogP contribution in [0.4, 0.5) is 5.69 Å². The molecule has 0 N–H and O–H groups in total. The molecule has 0 spiro atoms. The van der Waals surface area contributed by atoms with Gasteiger partial charge in [-0.2, -0.15) is 0 Å². The molecule has 5 nitrogen and oxygen atoms in total. The molecule has 1 rings (SSSR count). The molecule has 0 aromatic heterocycles. The van der Waals surface area contributed by atoms with Crippen LogP contribution in [0.3, 0.4) is 0 Å². The van der Waals surface area contributed by atoms with Crippen LogP contribution in [0.1, 0.15) is 5.56 Å². The minimum atomic E-state index is 0.0521. The summed E-state index contributed by atoms with van der Waals surface area (Å²) in [7, 11) is 1.64. The first kappa shape index (κ1) is 12.4. The van der Waals surface area contributed by atoms with Crippen LogP contribution in [0.2, 0.25) is 5.02 Å². The molecule has 0 bridgehead atoms. The van der Waals surface area contributed by atoms with E-state index in [9.17, 15) is 4.79 Å². The first-order valence-electron chi connectivity index (χ1n) is 4.58. The third-order valence-electron chi connectivity index (χ3n) is 1.82. The number of halogens is 1. The van der Waals surface area contributed by atoms with Crippen LogP contribution in [0.25, 0.3) is 0 Å². The van der Waals surface area contributed by atoms with Gasteiger partial charge in [0.05, 0.1) is 5.02 Å². The van der Waals surface area contributed by atoms with Crippen molar-refractivity contribution in [3.8, 4) is 0 Å². The van der Waals surface area contributed by atoms with Crippen molar-refractivity contribution in [2.45, 2.75) is 6.92 Å². The summed E-state index contributed by atoms with van der Waals surface area (Å²) in [6, 6.07) is 5.48. The van der Waals surface area contributed by atoms with Gasteiger partial charge in [-0.25, -0.2) is 5.01 Å². The third kappa shape index (κ3) is 3.51. The van der Waals surface area contributed by atoms with Crippen molar-refractivity contribution >= 4 is 23.8 Å². The fourth-order valence-corrected chi connectivity index (χ4v) is 1.29. The van der Waals surface area contributed by atoms with Crippen LogP contribution in [-0.4, -0.2) is 25.3 Å². The Labute approximate surface area is 98.6 Å². The van der Waals surface area contributed by atoms with Crippen molar-refractivity contribution in [3.05, 3.63) is 28.8 Å². The molecular formula is C10H12ClN3O2. The number of aryl methyl sites for hydroxylation is 1. The number of benzene rings is 1. The minimum Gasteiger partial charge on any atom is -0.445 e. The van der Waals surface area contributed by atoms with Crippen molar-refractivity contribution in [2.75, 3.05) is 13.8 Å². The van der Waals surface area contributed by atoms with Crippen LogP contribution >= 0.6 is 11.6 Å². The number of hydrogen-bond acceptors (Lipinski definition) is 4. The highest BCUT2D eigenvalue weighted by Crippen LogP contribution is 2.28. The first-order valence-corrected chi connectivity index (χ1v) is 4.96. The molecule has 0 aliphatic rings. The zero-order valence-corrected chi connectivity index (χ0v) is 9.81. The lowest BCUT2D eigenvalue weighted by Gasteiger charge is -2.09. The van der Waals surface area contributed by atoms with Crippen molar-refractivity contribution in [2.24, 2.45) is 10.3 Å². The number of rotatable bonds is 5. The van der Waals surface area contributed by atoms with E-state index in [1.54, 1.807) is 13.1 Å². The Kier molecular flexibility index (Phi) is 4.72. The number of ether oxygens (including phenoxy) is 1. The molecule has 86 valence electrons. The summed E-state index contributed by atoms with van der Waals surface area (Å²) < 4.78 is 4.50. The quantitative estimate of drug-likeness (QED) is 0.345. The van der Waals surface area contributed by atoms with E-state index in [0.29, 0.717) is 17.2 Å². The lowest BCUT2D eigenvalue weighted by Crippen LogP contribution is -2.13. The van der Waals surface area contributed by atoms with Gasteiger partial charge in [-0.3, -0.25) is 4.79 Å². The van der Waals surface area contributed by atoms with Gasteiger partial charge in [-0.15, -0.1) is 5.11 Å². The van der Waals surface area contributed by atoms with Gasteiger partial charge in [0.1, 0.15) is 5.69 Å². The van der Waals surface area contributed by atoms with E-state index in [4.69, 9.17) is 11.6 Å². The standard InChI is InChI=1S/C10H12ClN3O2/c1-8-4-3-5-9(11)10(8)12-13-14(2)6-16-7-15/h3-5,7H,6H2,1-2H3/b13-12+. The Morgan fingerprint density at radius 3 is 2.94 bits per heavy atom. The van der Waals surface area contributed by atoms with Crippen LogP contribution < -0.4 is 0 Å². The predicted molar refractivity (Wildman–Crippen MR) is 60.5 cm³/mol. The highest BCUT2D eigenvalue weighted by molar-refractivity contribution is 6.33. The molecule has 6 heteroatoms. The van der Waals surface area contributed by atoms with Crippen molar-refractivity contribution in [1.29, 1.82) is 0 Å². The van der Waals surface area contributed by atoms with Crippen LogP contribution in [0.5, 0.6) is 0 Å². The Morgan fingerprint density at radius 2 is 2.31 bits per heavy atom. The van der Waals surface area contributed by atoms with Gasteiger partial charge in [0.25, 0.3) is 6.47 Å². The highest BCUT2D eigenvalue weighted by Gasteiger charge is 2.02. The van der Waals surface area contributed by atoms with E-state index in [1.807, 2.05) is 19.1 Å². The van der Waals surface area contributed by atoms with E-state index in [2.05, 4.69) is 15.1 Å². The van der Waals surface area contributed by atoms with Crippen molar-refractivity contribution < 1.29 is 9.53 Å². The zero-order valence-electron chi connectivity index (χ0n) is 9.05. The summed E-state index contributed by atoms with van der Waals surface area (Å²) in [4.78, 5) is 9.95. The third-order valence-corrected chi connectivity index (χ3v) is 2.12. The maximum Gasteiger partial charge on any atom is 0.294 e. The molecule has 0 fully saturated rings. The number of carbonyl (C=O) groups excluding carboxylic acids is 1. The van der Waals surface area contributed by atoms with E-state index in [-0.39, 0.29) is 6.73 Å². The van der Waals surface area contributed by atoms with E-state index >= 15 is 0 Å². The first-order chi connectivity index (χ1) is 7.65. The van der Waals surface area contributed by atoms with Crippen LogP contribution in [0, 0.1) is 6.92 Å². The lowest BCUT2D eigenvalue weighted by molar-refractivity contribution is -0.132. The van der Waals surface area contributed by atoms with Gasteiger partial charge in [0.15, 0.2) is 6.73 Å². The smallest absolute Gasteiger partial charge is 0.294 e. The molecule has 0 heterocycles. The fourth-order valence-electron chi connectivity index (χ4n) is 1.03. The SMILES string of the molecule is Cc1cccc(Cl)c1/N=N/N(C)COC=O. The van der Waals surface area contributed by atoms with E-state index in [0.717, 1.165) is 5.56 Å². The predicted octanol–water partition coefficient (Wildman–Crippen LogP) is 2.71. The Hall–Kier alpha value is -1.62. The van der Waals surface area contributed by atoms with E-state index in [1.165, 1.54) is 5.01 Å². The molecule has 0 aliphatic heterocycles. The number of nitrogens with zero attached hydrogens (tertiary/aromatic N) is 3. The minimum absolute atomic E-state index is 0.0521. The molecule has 0 amide bonds. The Bertz CT molecular complexity index is 375.